The van der Waals surface area contributed by atoms with E-state index in [4.69, 9.17) is 10.5 Å². The minimum atomic E-state index is 0.0330. The number of nitrogens with one attached hydrogen (secondary N) is 2. The van der Waals surface area contributed by atoms with Gasteiger partial charge in [-0.3, -0.25) is 9.80 Å². The van der Waals surface area contributed by atoms with Gasteiger partial charge in [-0.1, -0.05) is 0 Å². The number of nitriles is 2. The molecule has 0 aromatic heterocycles. The van der Waals surface area contributed by atoms with E-state index in [0.29, 0.717) is 24.9 Å². The molecular weight excluding hydrogens is 348 g/mol. The van der Waals surface area contributed by atoms with Gasteiger partial charge in [-0.25, -0.2) is 0 Å². The summed E-state index contributed by atoms with van der Waals surface area (Å²) in [6, 6.07) is 5.43. The summed E-state index contributed by atoms with van der Waals surface area (Å²) >= 11 is 0. The van der Waals surface area contributed by atoms with Crippen molar-refractivity contribution in [3.05, 3.63) is 0 Å². The lowest BCUT2D eigenvalue weighted by molar-refractivity contribution is 0.135. The van der Waals surface area contributed by atoms with Gasteiger partial charge in [0.15, 0.2) is 0 Å². The van der Waals surface area contributed by atoms with Crippen LogP contribution in [0.5, 0.6) is 0 Å². The molecule has 0 aromatic carbocycles. The molecule has 6 heteroatoms. The van der Waals surface area contributed by atoms with Crippen LogP contribution in [0.2, 0.25) is 0 Å². The number of hydrogen-bond acceptors (Lipinski definition) is 6. The van der Waals surface area contributed by atoms with Crippen LogP contribution in [0.15, 0.2) is 0 Å². The minimum Gasteiger partial charge on any atom is -0.310 e. The Morgan fingerprint density at radius 3 is 1.46 bits per heavy atom. The zero-order valence-electron chi connectivity index (χ0n) is 19.0. The molecule has 28 heavy (non-hydrogen) atoms. The summed E-state index contributed by atoms with van der Waals surface area (Å²) in [5, 5.41) is 25.5. The van der Waals surface area contributed by atoms with Crippen LogP contribution in [0, 0.1) is 22.7 Å². The Morgan fingerprint density at radius 2 is 1.14 bits per heavy atom. The lowest BCUT2D eigenvalue weighted by Crippen LogP contribution is -2.53. The Bertz CT molecular complexity index is 482. The van der Waals surface area contributed by atoms with Crippen molar-refractivity contribution in [3.8, 4) is 12.1 Å². The van der Waals surface area contributed by atoms with Crippen LogP contribution in [0.25, 0.3) is 0 Å². The highest BCUT2D eigenvalue weighted by molar-refractivity contribution is 4.89. The van der Waals surface area contributed by atoms with Crippen molar-refractivity contribution >= 4 is 0 Å². The fraction of sp³-hybridized carbons (Fsp3) is 0.909. The van der Waals surface area contributed by atoms with Crippen LogP contribution in [-0.2, 0) is 0 Å². The Kier molecular flexibility index (Phi) is 10.4. The maximum absolute atomic E-state index is 9.03. The van der Waals surface area contributed by atoms with Crippen LogP contribution < -0.4 is 10.6 Å². The summed E-state index contributed by atoms with van der Waals surface area (Å²) in [6.45, 7) is 19.0. The zero-order chi connectivity index (χ0) is 21.2. The predicted molar refractivity (Wildman–Crippen MR) is 116 cm³/mol. The Labute approximate surface area is 173 Å². The van der Waals surface area contributed by atoms with Gasteiger partial charge >= 0.3 is 0 Å². The van der Waals surface area contributed by atoms with E-state index >= 15 is 0 Å². The van der Waals surface area contributed by atoms with E-state index in [0.717, 1.165) is 52.1 Å². The van der Waals surface area contributed by atoms with Crippen molar-refractivity contribution in [3.63, 3.8) is 0 Å². The Hall–Kier alpha value is -1.18. The van der Waals surface area contributed by atoms with Gasteiger partial charge in [-0.2, -0.15) is 10.5 Å². The summed E-state index contributed by atoms with van der Waals surface area (Å²) in [5.74, 6) is 0. The second kappa shape index (κ2) is 11.7. The van der Waals surface area contributed by atoms with Gasteiger partial charge in [0.05, 0.1) is 12.1 Å². The lowest BCUT2D eigenvalue weighted by atomic mass is 9.93. The van der Waals surface area contributed by atoms with Gasteiger partial charge in [0.25, 0.3) is 0 Å². The van der Waals surface area contributed by atoms with E-state index in [2.05, 4.69) is 74.1 Å². The molecule has 0 bridgehead atoms. The predicted octanol–water partition coefficient (Wildman–Crippen LogP) is 2.72. The summed E-state index contributed by atoms with van der Waals surface area (Å²) in [5.41, 5.74) is 0.0660. The van der Waals surface area contributed by atoms with E-state index in [1.54, 1.807) is 0 Å². The monoisotopic (exact) mass is 390 g/mol. The molecule has 6 nitrogen and oxygen atoms in total. The largest absolute Gasteiger partial charge is 0.310 e. The average Bonchev–Trinajstić information content (AvgIpc) is 2.58. The first-order chi connectivity index (χ1) is 13.1. The smallest absolute Gasteiger partial charge is 0.0635 e. The Balaban J connectivity index is 2.92. The van der Waals surface area contributed by atoms with Crippen LogP contribution in [0.3, 0.4) is 0 Å². The molecule has 0 saturated carbocycles. The molecule has 0 amide bonds. The minimum absolute atomic E-state index is 0.0330. The van der Waals surface area contributed by atoms with Crippen LogP contribution in [-0.4, -0.2) is 72.2 Å². The van der Waals surface area contributed by atoms with Crippen molar-refractivity contribution < 1.29 is 0 Å². The number of hydrogen-bond donors (Lipinski definition) is 2. The maximum Gasteiger partial charge on any atom is 0.0635 e. The molecule has 0 aromatic rings. The van der Waals surface area contributed by atoms with Gasteiger partial charge < -0.3 is 10.6 Å². The summed E-state index contributed by atoms with van der Waals surface area (Å²) < 4.78 is 0. The van der Waals surface area contributed by atoms with E-state index < -0.39 is 0 Å². The number of rotatable bonds is 4. The lowest BCUT2D eigenvalue weighted by Gasteiger charge is -2.40. The molecule has 2 N–H and O–H groups in total. The van der Waals surface area contributed by atoms with E-state index in [1.165, 1.54) is 0 Å². The van der Waals surface area contributed by atoms with Crippen LogP contribution in [0.4, 0.5) is 0 Å². The van der Waals surface area contributed by atoms with Crippen molar-refractivity contribution in [2.75, 3.05) is 39.3 Å². The average molecular weight is 391 g/mol. The van der Waals surface area contributed by atoms with E-state index in [1.807, 2.05) is 0 Å². The van der Waals surface area contributed by atoms with Gasteiger partial charge in [-0.05, 0) is 54.4 Å². The quantitative estimate of drug-likeness (QED) is 0.768. The third-order valence-electron chi connectivity index (χ3n) is 5.88. The molecular formula is C22H42N6. The fourth-order valence-electron chi connectivity index (χ4n) is 4.45. The summed E-state index contributed by atoms with van der Waals surface area (Å²) in [7, 11) is 0. The molecule has 1 fully saturated rings. The Morgan fingerprint density at radius 1 is 0.786 bits per heavy atom. The van der Waals surface area contributed by atoms with E-state index in [-0.39, 0.29) is 11.1 Å². The van der Waals surface area contributed by atoms with Crippen LogP contribution in [0.1, 0.15) is 67.2 Å². The first-order valence-electron chi connectivity index (χ1n) is 10.8. The molecule has 0 radical (unpaired) electrons. The molecule has 1 saturated heterocycles. The molecule has 0 spiro atoms. The molecule has 2 atom stereocenters. The molecule has 1 rings (SSSR count). The highest BCUT2D eigenvalue weighted by Gasteiger charge is 2.28. The van der Waals surface area contributed by atoms with Gasteiger partial charge in [-0.15, -0.1) is 0 Å². The van der Waals surface area contributed by atoms with E-state index in [9.17, 15) is 0 Å². The molecule has 160 valence electrons. The van der Waals surface area contributed by atoms with Gasteiger partial charge in [0.1, 0.15) is 0 Å². The summed E-state index contributed by atoms with van der Waals surface area (Å²) in [6.07, 6.45) is 3.23. The van der Waals surface area contributed by atoms with Crippen molar-refractivity contribution in [1.82, 2.24) is 20.4 Å². The van der Waals surface area contributed by atoms with Gasteiger partial charge in [0.2, 0.25) is 0 Å². The highest BCUT2D eigenvalue weighted by atomic mass is 15.2. The topological polar surface area (TPSA) is 78.1 Å². The number of nitrogens with zero attached hydrogens (tertiary/aromatic N) is 4. The van der Waals surface area contributed by atoms with Gasteiger partial charge in [0, 0.05) is 75.3 Å². The first kappa shape index (κ1) is 24.9. The zero-order valence-corrected chi connectivity index (χ0v) is 19.0. The fourth-order valence-corrected chi connectivity index (χ4v) is 4.45. The second-order valence-corrected chi connectivity index (χ2v) is 9.62. The van der Waals surface area contributed by atoms with Crippen molar-refractivity contribution in [2.24, 2.45) is 0 Å². The third kappa shape index (κ3) is 9.34. The molecule has 2 unspecified atom stereocenters. The SMILES string of the molecule is CC1CC(C)(C)NCCN(CCC#N)C(C)CC(C)(C)NCCN1CCC#N. The van der Waals surface area contributed by atoms with Crippen molar-refractivity contribution in [1.29, 1.82) is 10.5 Å². The third-order valence-corrected chi connectivity index (χ3v) is 5.88. The molecule has 0 aliphatic carbocycles. The molecule has 1 aliphatic heterocycles. The molecule has 1 aliphatic rings. The standard InChI is InChI=1S/C22H42N6/c1-19-17-21(3,4)25-12-16-28(14-8-10-24)20(2)18-22(5,6)26-11-15-27(19)13-7-9-23/h19-20,25-26H,7-8,11-18H2,1-6H3. The highest BCUT2D eigenvalue weighted by Crippen LogP contribution is 2.19. The first-order valence-corrected chi connectivity index (χ1v) is 10.8. The maximum atomic E-state index is 9.03. The second-order valence-electron chi connectivity index (χ2n) is 9.62. The summed E-state index contributed by atoms with van der Waals surface area (Å²) in [4.78, 5) is 4.90. The normalized spacial score (nSPS) is 28.0. The molecule has 1 heterocycles. The van der Waals surface area contributed by atoms with Crippen LogP contribution >= 0.6 is 0 Å². The van der Waals surface area contributed by atoms with Crippen molar-refractivity contribution in [2.45, 2.75) is 90.4 Å².